The zero-order valence-electron chi connectivity index (χ0n) is 7.54. The minimum Gasteiger partial charge on any atom is -0.465 e. The van der Waals surface area contributed by atoms with E-state index in [1.54, 1.807) is 0 Å². The third-order valence-electron chi connectivity index (χ3n) is 2.26. The molecular formula is C7H8N4O4. The van der Waals surface area contributed by atoms with Crippen molar-refractivity contribution >= 4 is 18.0 Å². The summed E-state index contributed by atoms with van der Waals surface area (Å²) >= 11 is 0. The van der Waals surface area contributed by atoms with Gasteiger partial charge >= 0.3 is 12.2 Å². The molecule has 8 heteroatoms. The lowest BCUT2D eigenvalue weighted by Gasteiger charge is -2.10. The molecule has 4 N–H and O–H groups in total. The van der Waals surface area contributed by atoms with E-state index in [-0.39, 0.29) is 18.9 Å². The number of nitrogens with two attached hydrogens (primary N) is 1. The van der Waals surface area contributed by atoms with Crippen LogP contribution in [0.1, 0.15) is 11.3 Å². The highest BCUT2D eigenvalue weighted by Crippen LogP contribution is 2.27. The second-order valence-corrected chi connectivity index (χ2v) is 3.14. The van der Waals surface area contributed by atoms with Gasteiger partial charge in [-0.2, -0.15) is 4.68 Å². The van der Waals surface area contributed by atoms with Crippen molar-refractivity contribution in [2.24, 2.45) is 0 Å². The van der Waals surface area contributed by atoms with Crippen molar-refractivity contribution in [2.45, 2.75) is 13.1 Å². The van der Waals surface area contributed by atoms with E-state index in [9.17, 15) is 9.59 Å². The van der Waals surface area contributed by atoms with Gasteiger partial charge in [0.25, 0.3) is 0 Å². The lowest BCUT2D eigenvalue weighted by molar-refractivity contribution is 0.143. The van der Waals surface area contributed by atoms with E-state index in [1.807, 2.05) is 0 Å². The second-order valence-electron chi connectivity index (χ2n) is 3.14. The maximum Gasteiger partial charge on any atom is 0.432 e. The third-order valence-corrected chi connectivity index (χ3v) is 2.26. The van der Waals surface area contributed by atoms with Crippen LogP contribution in [0.2, 0.25) is 0 Å². The van der Waals surface area contributed by atoms with Crippen LogP contribution in [0.4, 0.5) is 15.4 Å². The summed E-state index contributed by atoms with van der Waals surface area (Å²) in [4.78, 5) is 22.5. The van der Waals surface area contributed by atoms with Gasteiger partial charge in [-0.15, -0.1) is 5.10 Å². The van der Waals surface area contributed by atoms with E-state index in [0.717, 1.165) is 4.90 Å². The van der Waals surface area contributed by atoms with Gasteiger partial charge in [-0.05, 0) is 0 Å². The second kappa shape index (κ2) is 2.87. The van der Waals surface area contributed by atoms with Crippen LogP contribution in [-0.4, -0.2) is 37.1 Å². The molecule has 0 fully saturated rings. The maximum absolute atomic E-state index is 10.7. The largest absolute Gasteiger partial charge is 0.465 e. The van der Waals surface area contributed by atoms with Crippen LogP contribution in [0.3, 0.4) is 0 Å². The SMILES string of the molecule is Nc1nn(C(=O)O)c2c1CN(C(=O)O)C2. The summed E-state index contributed by atoms with van der Waals surface area (Å²) in [6.07, 6.45) is -2.38. The molecule has 80 valence electrons. The number of carbonyl (C=O) groups is 2. The first-order chi connectivity index (χ1) is 7.00. The molecular weight excluding hydrogens is 204 g/mol. The van der Waals surface area contributed by atoms with E-state index in [1.165, 1.54) is 0 Å². The highest BCUT2D eigenvalue weighted by atomic mass is 16.4. The van der Waals surface area contributed by atoms with Crippen molar-refractivity contribution in [3.63, 3.8) is 0 Å². The Bertz CT molecular complexity index is 452. The van der Waals surface area contributed by atoms with Gasteiger partial charge in [0.15, 0.2) is 5.82 Å². The van der Waals surface area contributed by atoms with Crippen molar-refractivity contribution in [1.29, 1.82) is 0 Å². The van der Waals surface area contributed by atoms with E-state index in [0.29, 0.717) is 15.9 Å². The number of amides is 1. The number of carboxylic acid groups (broad SMARTS) is 2. The van der Waals surface area contributed by atoms with Gasteiger partial charge in [0, 0.05) is 5.56 Å². The normalized spacial score (nSPS) is 14.0. The Morgan fingerprint density at radius 2 is 1.93 bits per heavy atom. The molecule has 8 nitrogen and oxygen atoms in total. The number of fused-ring (bicyclic) bond motifs is 1. The molecule has 0 unspecified atom stereocenters. The highest BCUT2D eigenvalue weighted by molar-refractivity contribution is 5.72. The zero-order valence-corrected chi connectivity index (χ0v) is 7.54. The molecule has 0 bridgehead atoms. The average molecular weight is 212 g/mol. The summed E-state index contributed by atoms with van der Waals surface area (Å²) in [5.74, 6) is 0.0659. The third kappa shape index (κ3) is 1.26. The number of aromatic nitrogens is 2. The minimum absolute atomic E-state index is 0.00116. The zero-order chi connectivity index (χ0) is 11.2. The minimum atomic E-state index is -1.27. The number of anilines is 1. The molecule has 2 heterocycles. The van der Waals surface area contributed by atoms with Gasteiger partial charge in [-0.25, -0.2) is 9.59 Å². The van der Waals surface area contributed by atoms with Gasteiger partial charge in [-0.1, -0.05) is 0 Å². The van der Waals surface area contributed by atoms with Crippen molar-refractivity contribution in [2.75, 3.05) is 5.73 Å². The Morgan fingerprint density at radius 1 is 1.27 bits per heavy atom. The Hall–Kier alpha value is -2.25. The summed E-state index contributed by atoms with van der Waals surface area (Å²) in [5.41, 5.74) is 6.27. The molecule has 0 radical (unpaired) electrons. The summed E-state index contributed by atoms with van der Waals surface area (Å²) in [5, 5.41) is 21.1. The molecule has 1 aliphatic rings. The molecule has 1 aromatic heterocycles. The standard InChI is InChI=1S/C7H8N4O4/c8-5-3-1-10(6(12)13)2-4(3)11(9-5)7(14)15/h1-2H2,(H2,8,9)(H,12,13)(H,14,15). The molecule has 0 atom stereocenters. The maximum atomic E-state index is 10.7. The Labute approximate surface area is 83.5 Å². The smallest absolute Gasteiger partial charge is 0.432 e. The molecule has 15 heavy (non-hydrogen) atoms. The van der Waals surface area contributed by atoms with E-state index in [4.69, 9.17) is 15.9 Å². The van der Waals surface area contributed by atoms with Crippen LogP contribution < -0.4 is 5.73 Å². The fourth-order valence-electron chi connectivity index (χ4n) is 1.56. The number of rotatable bonds is 0. The lowest BCUT2D eigenvalue weighted by atomic mass is 10.3. The predicted octanol–water partition coefficient (Wildman–Crippen LogP) is -0.0150. The fraction of sp³-hybridized carbons (Fsp3) is 0.286. The molecule has 0 aliphatic carbocycles. The topological polar surface area (TPSA) is 122 Å². The number of nitrogens with zero attached hydrogens (tertiary/aromatic N) is 3. The number of hydrogen-bond donors (Lipinski definition) is 3. The molecule has 0 saturated heterocycles. The molecule has 0 spiro atoms. The summed E-state index contributed by atoms with van der Waals surface area (Å²) in [6.45, 7) is 0.0882. The fourth-order valence-corrected chi connectivity index (χ4v) is 1.56. The molecule has 0 aromatic carbocycles. The Kier molecular flexibility index (Phi) is 1.78. The van der Waals surface area contributed by atoms with Crippen LogP contribution >= 0.6 is 0 Å². The summed E-state index contributed by atoms with van der Waals surface area (Å²) in [6, 6.07) is 0. The van der Waals surface area contributed by atoms with Crippen LogP contribution in [0.5, 0.6) is 0 Å². The summed E-state index contributed by atoms with van der Waals surface area (Å²) < 4.78 is 0.716. The molecule has 2 rings (SSSR count). The first-order valence-corrected chi connectivity index (χ1v) is 4.08. The van der Waals surface area contributed by atoms with Crippen LogP contribution in [0.25, 0.3) is 0 Å². The van der Waals surface area contributed by atoms with Gasteiger partial charge in [0.2, 0.25) is 0 Å². The highest BCUT2D eigenvalue weighted by Gasteiger charge is 2.31. The Balaban J connectivity index is 2.42. The molecule has 1 amide bonds. The monoisotopic (exact) mass is 212 g/mol. The lowest BCUT2D eigenvalue weighted by Crippen LogP contribution is -2.25. The van der Waals surface area contributed by atoms with Gasteiger partial charge < -0.3 is 15.9 Å². The molecule has 1 aliphatic heterocycles. The van der Waals surface area contributed by atoms with Crippen LogP contribution in [-0.2, 0) is 13.1 Å². The average Bonchev–Trinajstić information content (AvgIpc) is 2.66. The van der Waals surface area contributed by atoms with Crippen molar-refractivity contribution in [1.82, 2.24) is 14.7 Å². The van der Waals surface area contributed by atoms with Crippen molar-refractivity contribution < 1.29 is 19.8 Å². The van der Waals surface area contributed by atoms with Crippen LogP contribution in [0, 0.1) is 0 Å². The Morgan fingerprint density at radius 3 is 2.47 bits per heavy atom. The summed E-state index contributed by atoms with van der Waals surface area (Å²) in [7, 11) is 0. The van der Waals surface area contributed by atoms with Crippen molar-refractivity contribution in [3.8, 4) is 0 Å². The van der Waals surface area contributed by atoms with E-state index in [2.05, 4.69) is 5.10 Å². The number of nitrogen functional groups attached to an aromatic ring is 1. The van der Waals surface area contributed by atoms with E-state index < -0.39 is 12.2 Å². The molecule has 1 aromatic rings. The molecule has 0 saturated carbocycles. The van der Waals surface area contributed by atoms with Crippen LogP contribution in [0.15, 0.2) is 0 Å². The number of hydrogen-bond acceptors (Lipinski definition) is 4. The predicted molar refractivity (Wildman–Crippen MR) is 47.3 cm³/mol. The van der Waals surface area contributed by atoms with Gasteiger partial charge in [0.1, 0.15) is 0 Å². The van der Waals surface area contributed by atoms with Crippen molar-refractivity contribution in [3.05, 3.63) is 11.3 Å². The first kappa shape index (κ1) is 9.31. The quantitative estimate of drug-likeness (QED) is 0.555. The first-order valence-electron chi connectivity index (χ1n) is 4.08. The van der Waals surface area contributed by atoms with E-state index >= 15 is 0 Å². The van der Waals surface area contributed by atoms with Gasteiger partial charge in [0.05, 0.1) is 18.8 Å². The van der Waals surface area contributed by atoms with Gasteiger partial charge in [-0.3, -0.25) is 4.90 Å².